The molecule has 6 nitrogen and oxygen atoms in total. The van der Waals surface area contributed by atoms with Crippen LogP contribution in [-0.4, -0.2) is 31.7 Å². The Balaban J connectivity index is 1.64. The highest BCUT2D eigenvalue weighted by molar-refractivity contribution is 5.70. The molecule has 2 N–H and O–H groups in total. The molecule has 2 aromatic heterocycles. The van der Waals surface area contributed by atoms with Crippen molar-refractivity contribution < 1.29 is 9.90 Å². The summed E-state index contributed by atoms with van der Waals surface area (Å²) in [6.45, 7) is 0. The highest BCUT2D eigenvalue weighted by Crippen LogP contribution is 2.26. The second-order valence-electron chi connectivity index (χ2n) is 5.42. The van der Waals surface area contributed by atoms with E-state index >= 15 is 0 Å². The van der Waals surface area contributed by atoms with Crippen molar-refractivity contribution in [1.82, 2.24) is 14.5 Å². The first-order valence-electron chi connectivity index (χ1n) is 7.16. The van der Waals surface area contributed by atoms with Gasteiger partial charge in [-0.25, -0.2) is 9.97 Å². The molecule has 110 valence electrons. The Bertz CT molecular complexity index is 595. The van der Waals surface area contributed by atoms with E-state index in [0.717, 1.165) is 30.8 Å². The van der Waals surface area contributed by atoms with E-state index < -0.39 is 5.97 Å². The molecule has 0 aliphatic heterocycles. The Morgan fingerprint density at radius 3 is 2.95 bits per heavy atom. The van der Waals surface area contributed by atoms with E-state index in [1.165, 1.54) is 0 Å². The number of aromatic nitrogens is 3. The predicted octanol–water partition coefficient (Wildman–Crippen LogP) is 2.32. The summed E-state index contributed by atoms with van der Waals surface area (Å²) in [5.41, 5.74) is 0.926. The number of nitrogens with zero attached hydrogens (tertiary/aromatic N) is 3. The molecule has 21 heavy (non-hydrogen) atoms. The highest BCUT2D eigenvalue weighted by atomic mass is 16.4. The second-order valence-corrected chi connectivity index (χ2v) is 5.42. The number of anilines is 1. The minimum Gasteiger partial charge on any atom is -0.481 e. The standard InChI is InChI=1S/C15H18N4O2/c20-15(21)11-2-1-3-12(8-11)18-13-4-5-14(17-9-13)19-7-6-16-10-19/h4-7,9-12,18H,1-3,8H2,(H,20,21). The van der Waals surface area contributed by atoms with Crippen LogP contribution in [0.4, 0.5) is 5.69 Å². The zero-order chi connectivity index (χ0) is 14.7. The van der Waals surface area contributed by atoms with Crippen LogP contribution >= 0.6 is 0 Å². The van der Waals surface area contributed by atoms with Crippen LogP contribution in [0, 0.1) is 5.92 Å². The lowest BCUT2D eigenvalue weighted by atomic mass is 9.86. The molecule has 1 saturated carbocycles. The molecular weight excluding hydrogens is 268 g/mol. The molecule has 0 amide bonds. The molecule has 0 aromatic carbocycles. The fourth-order valence-electron chi connectivity index (χ4n) is 2.80. The van der Waals surface area contributed by atoms with Crippen LogP contribution in [0.3, 0.4) is 0 Å². The summed E-state index contributed by atoms with van der Waals surface area (Å²) in [5.74, 6) is -0.102. The Morgan fingerprint density at radius 1 is 1.38 bits per heavy atom. The van der Waals surface area contributed by atoms with Crippen molar-refractivity contribution in [3.8, 4) is 5.82 Å². The summed E-state index contributed by atoms with van der Waals surface area (Å²) in [6.07, 6.45) is 10.5. The number of hydrogen-bond acceptors (Lipinski definition) is 4. The number of hydrogen-bond donors (Lipinski definition) is 2. The average Bonchev–Trinajstić information content (AvgIpc) is 3.02. The maximum Gasteiger partial charge on any atom is 0.306 e. The second kappa shape index (κ2) is 5.95. The monoisotopic (exact) mass is 286 g/mol. The fourth-order valence-corrected chi connectivity index (χ4v) is 2.80. The number of carbonyl (C=O) groups is 1. The van der Waals surface area contributed by atoms with Gasteiger partial charge in [-0.1, -0.05) is 6.42 Å². The van der Waals surface area contributed by atoms with Crippen molar-refractivity contribution in [3.63, 3.8) is 0 Å². The molecular formula is C15H18N4O2. The maximum atomic E-state index is 11.1. The largest absolute Gasteiger partial charge is 0.481 e. The summed E-state index contributed by atoms with van der Waals surface area (Å²) in [6, 6.07) is 4.09. The zero-order valence-electron chi connectivity index (χ0n) is 11.6. The van der Waals surface area contributed by atoms with Crippen molar-refractivity contribution in [2.45, 2.75) is 31.7 Å². The van der Waals surface area contributed by atoms with Gasteiger partial charge >= 0.3 is 5.97 Å². The van der Waals surface area contributed by atoms with E-state index in [1.54, 1.807) is 18.7 Å². The van der Waals surface area contributed by atoms with Crippen LogP contribution in [-0.2, 0) is 4.79 Å². The van der Waals surface area contributed by atoms with Gasteiger partial charge in [-0.3, -0.25) is 9.36 Å². The van der Waals surface area contributed by atoms with Gasteiger partial charge in [0.15, 0.2) is 0 Å². The smallest absolute Gasteiger partial charge is 0.306 e. The molecule has 0 saturated heterocycles. The molecule has 1 aliphatic carbocycles. The topological polar surface area (TPSA) is 80.0 Å². The van der Waals surface area contributed by atoms with Crippen molar-refractivity contribution >= 4 is 11.7 Å². The van der Waals surface area contributed by atoms with Gasteiger partial charge in [-0.15, -0.1) is 0 Å². The van der Waals surface area contributed by atoms with E-state index in [2.05, 4.69) is 15.3 Å². The van der Waals surface area contributed by atoms with Crippen molar-refractivity contribution in [2.75, 3.05) is 5.32 Å². The van der Waals surface area contributed by atoms with Gasteiger partial charge in [0.2, 0.25) is 0 Å². The van der Waals surface area contributed by atoms with Gasteiger partial charge in [-0.2, -0.15) is 0 Å². The summed E-state index contributed by atoms with van der Waals surface area (Å²) < 4.78 is 1.84. The minimum absolute atomic E-state index is 0.209. The number of imidazole rings is 1. The summed E-state index contributed by atoms with van der Waals surface area (Å²) in [4.78, 5) is 19.5. The van der Waals surface area contributed by atoms with Crippen LogP contribution < -0.4 is 5.32 Å². The van der Waals surface area contributed by atoms with Crippen LogP contribution in [0.25, 0.3) is 5.82 Å². The van der Waals surface area contributed by atoms with Gasteiger partial charge in [-0.05, 0) is 31.4 Å². The fraction of sp³-hybridized carbons (Fsp3) is 0.400. The van der Waals surface area contributed by atoms with Crippen LogP contribution in [0.2, 0.25) is 0 Å². The maximum absolute atomic E-state index is 11.1. The first kappa shape index (κ1) is 13.6. The molecule has 6 heteroatoms. The van der Waals surface area contributed by atoms with E-state index in [9.17, 15) is 4.79 Å². The number of nitrogens with one attached hydrogen (secondary N) is 1. The van der Waals surface area contributed by atoms with Gasteiger partial charge in [0.25, 0.3) is 0 Å². The number of carboxylic acids is 1. The lowest BCUT2D eigenvalue weighted by Crippen LogP contribution is -2.30. The van der Waals surface area contributed by atoms with Crippen molar-refractivity contribution in [3.05, 3.63) is 37.1 Å². The van der Waals surface area contributed by atoms with Gasteiger partial charge in [0, 0.05) is 18.4 Å². The first-order valence-corrected chi connectivity index (χ1v) is 7.16. The Hall–Kier alpha value is -2.37. The molecule has 1 aliphatic rings. The quantitative estimate of drug-likeness (QED) is 0.901. The third kappa shape index (κ3) is 3.21. The molecule has 1 fully saturated rings. The number of carboxylic acid groups (broad SMARTS) is 1. The number of aliphatic carboxylic acids is 1. The molecule has 2 unspecified atom stereocenters. The number of pyridine rings is 1. The Kier molecular flexibility index (Phi) is 3.85. The molecule has 0 spiro atoms. The lowest BCUT2D eigenvalue weighted by molar-refractivity contribution is -0.142. The Morgan fingerprint density at radius 2 is 2.29 bits per heavy atom. The summed E-state index contributed by atoms with van der Waals surface area (Å²) in [5, 5.41) is 12.5. The van der Waals surface area contributed by atoms with E-state index in [-0.39, 0.29) is 12.0 Å². The molecule has 2 aromatic rings. The average molecular weight is 286 g/mol. The molecule has 0 radical (unpaired) electrons. The van der Waals surface area contributed by atoms with Gasteiger partial charge < -0.3 is 10.4 Å². The van der Waals surface area contributed by atoms with E-state index in [4.69, 9.17) is 5.11 Å². The molecule has 0 bridgehead atoms. The lowest BCUT2D eigenvalue weighted by Gasteiger charge is -2.28. The molecule has 3 rings (SSSR count). The molecule has 2 atom stereocenters. The van der Waals surface area contributed by atoms with Gasteiger partial charge in [0.05, 0.1) is 17.8 Å². The van der Waals surface area contributed by atoms with Crippen LogP contribution in [0.1, 0.15) is 25.7 Å². The minimum atomic E-state index is -0.685. The third-order valence-electron chi connectivity index (χ3n) is 3.91. The van der Waals surface area contributed by atoms with Crippen molar-refractivity contribution in [1.29, 1.82) is 0 Å². The van der Waals surface area contributed by atoms with Crippen molar-refractivity contribution in [2.24, 2.45) is 5.92 Å². The summed E-state index contributed by atoms with van der Waals surface area (Å²) in [7, 11) is 0. The van der Waals surface area contributed by atoms with E-state index in [0.29, 0.717) is 6.42 Å². The van der Waals surface area contributed by atoms with Gasteiger partial charge in [0.1, 0.15) is 12.1 Å². The highest BCUT2D eigenvalue weighted by Gasteiger charge is 2.26. The predicted molar refractivity (Wildman–Crippen MR) is 78.4 cm³/mol. The normalized spacial score (nSPS) is 21.9. The SMILES string of the molecule is O=C(O)C1CCCC(Nc2ccc(-n3ccnc3)nc2)C1. The first-order chi connectivity index (χ1) is 10.2. The zero-order valence-corrected chi connectivity index (χ0v) is 11.6. The molecule has 2 heterocycles. The Labute approximate surface area is 122 Å². The van der Waals surface area contributed by atoms with Crippen LogP contribution in [0.5, 0.6) is 0 Å². The van der Waals surface area contributed by atoms with Crippen LogP contribution in [0.15, 0.2) is 37.1 Å². The van der Waals surface area contributed by atoms with E-state index in [1.807, 2.05) is 22.9 Å². The summed E-state index contributed by atoms with van der Waals surface area (Å²) >= 11 is 0. The third-order valence-corrected chi connectivity index (χ3v) is 3.91. The number of rotatable bonds is 4.